The topological polar surface area (TPSA) is 63.9 Å². The van der Waals surface area contributed by atoms with Gasteiger partial charge in [0.2, 0.25) is 5.91 Å². The average Bonchev–Trinajstić information content (AvgIpc) is 3.23. The van der Waals surface area contributed by atoms with E-state index < -0.39 is 0 Å². The van der Waals surface area contributed by atoms with Gasteiger partial charge in [-0.25, -0.2) is 0 Å². The van der Waals surface area contributed by atoms with E-state index in [0.29, 0.717) is 35.4 Å². The van der Waals surface area contributed by atoms with Crippen LogP contribution in [-0.2, 0) is 4.79 Å². The van der Waals surface area contributed by atoms with Crippen molar-refractivity contribution >= 4 is 11.6 Å². The summed E-state index contributed by atoms with van der Waals surface area (Å²) in [5.41, 5.74) is 0.684. The lowest BCUT2D eigenvalue weighted by molar-refractivity contribution is -0.116. The van der Waals surface area contributed by atoms with Crippen LogP contribution < -0.4 is 14.8 Å². The maximum atomic E-state index is 12.4. The van der Waals surface area contributed by atoms with E-state index >= 15 is 0 Å². The Morgan fingerprint density at radius 2 is 1.97 bits per heavy atom. The van der Waals surface area contributed by atoms with Gasteiger partial charge < -0.3 is 24.1 Å². The van der Waals surface area contributed by atoms with Gasteiger partial charge in [-0.2, -0.15) is 0 Å². The first-order valence-electron chi connectivity index (χ1n) is 11.3. The third-order valence-corrected chi connectivity index (χ3v) is 6.29. The third kappa shape index (κ3) is 6.76. The van der Waals surface area contributed by atoms with Crippen LogP contribution in [0.25, 0.3) is 0 Å². The molecule has 0 radical (unpaired) electrons. The second-order valence-corrected chi connectivity index (χ2v) is 8.58. The standard InChI is InChI=1S/C25H36N2O4/c1-18(23-9-5-19(2)31-23)11-14-27-15-12-20(13-16-27)6-10-25(28)26-22-8-7-21(29-3)17-24(22)30-4/h5,7-9,17-18,20H,6,10-16H2,1-4H3,(H,26,28). The monoisotopic (exact) mass is 428 g/mol. The summed E-state index contributed by atoms with van der Waals surface area (Å²) in [6.07, 6.45) is 4.90. The van der Waals surface area contributed by atoms with E-state index in [1.807, 2.05) is 25.1 Å². The molecule has 2 aromatic rings. The average molecular weight is 429 g/mol. The molecule has 1 aromatic carbocycles. The zero-order chi connectivity index (χ0) is 22.2. The molecule has 3 rings (SSSR count). The maximum absolute atomic E-state index is 12.4. The Kier molecular flexibility index (Phi) is 8.41. The Morgan fingerprint density at radius 3 is 2.61 bits per heavy atom. The van der Waals surface area contributed by atoms with Crippen LogP contribution in [0.5, 0.6) is 11.5 Å². The maximum Gasteiger partial charge on any atom is 0.224 e. The third-order valence-electron chi connectivity index (χ3n) is 6.29. The molecule has 6 nitrogen and oxygen atoms in total. The summed E-state index contributed by atoms with van der Waals surface area (Å²) in [4.78, 5) is 15.0. The number of ether oxygens (including phenoxy) is 2. The number of methoxy groups -OCH3 is 2. The minimum absolute atomic E-state index is 0.0356. The lowest BCUT2D eigenvalue weighted by atomic mass is 9.91. The predicted octanol–water partition coefficient (Wildman–Crippen LogP) is 5.23. The molecule has 2 heterocycles. The number of nitrogens with zero attached hydrogens (tertiary/aromatic N) is 1. The van der Waals surface area contributed by atoms with Gasteiger partial charge in [0, 0.05) is 18.4 Å². The summed E-state index contributed by atoms with van der Waals surface area (Å²) >= 11 is 0. The summed E-state index contributed by atoms with van der Waals surface area (Å²) in [5.74, 6) is 4.49. The van der Waals surface area contributed by atoms with Crippen molar-refractivity contribution in [3.05, 3.63) is 41.9 Å². The van der Waals surface area contributed by atoms with Crippen LogP contribution in [0.3, 0.4) is 0 Å². The number of hydrogen-bond acceptors (Lipinski definition) is 5. The van der Waals surface area contributed by atoms with E-state index in [4.69, 9.17) is 13.9 Å². The molecule has 1 N–H and O–H groups in total. The van der Waals surface area contributed by atoms with E-state index in [2.05, 4.69) is 23.2 Å². The predicted molar refractivity (Wildman–Crippen MR) is 123 cm³/mol. The molecule has 0 spiro atoms. The molecular weight excluding hydrogens is 392 g/mol. The molecule has 6 heteroatoms. The summed E-state index contributed by atoms with van der Waals surface area (Å²) in [6.45, 7) is 7.56. The quantitative estimate of drug-likeness (QED) is 0.561. The zero-order valence-corrected chi connectivity index (χ0v) is 19.3. The van der Waals surface area contributed by atoms with Crippen LogP contribution in [-0.4, -0.2) is 44.7 Å². The highest BCUT2D eigenvalue weighted by Gasteiger charge is 2.21. The van der Waals surface area contributed by atoms with Gasteiger partial charge in [0.05, 0.1) is 19.9 Å². The highest BCUT2D eigenvalue weighted by molar-refractivity contribution is 5.92. The first-order chi connectivity index (χ1) is 15.0. The van der Waals surface area contributed by atoms with Crippen LogP contribution in [0, 0.1) is 12.8 Å². The van der Waals surface area contributed by atoms with Crippen molar-refractivity contribution in [2.75, 3.05) is 39.2 Å². The number of rotatable bonds is 10. The van der Waals surface area contributed by atoms with E-state index in [0.717, 1.165) is 56.8 Å². The minimum Gasteiger partial charge on any atom is -0.497 e. The number of benzene rings is 1. The van der Waals surface area contributed by atoms with E-state index in [9.17, 15) is 4.79 Å². The Hall–Kier alpha value is -2.47. The molecule has 1 aliphatic heterocycles. The first-order valence-corrected chi connectivity index (χ1v) is 11.3. The largest absolute Gasteiger partial charge is 0.497 e. The van der Waals surface area contributed by atoms with Gasteiger partial charge >= 0.3 is 0 Å². The normalized spacial score (nSPS) is 16.1. The molecule has 170 valence electrons. The fourth-order valence-electron chi connectivity index (χ4n) is 4.19. The Balaban J connectivity index is 1.36. The molecule has 1 atom stereocenters. The van der Waals surface area contributed by atoms with Gasteiger partial charge in [-0.15, -0.1) is 0 Å². The van der Waals surface area contributed by atoms with Gasteiger partial charge in [0.15, 0.2) is 0 Å². The molecule has 0 saturated carbocycles. The Labute approximate surface area is 185 Å². The van der Waals surface area contributed by atoms with Gasteiger partial charge in [-0.1, -0.05) is 6.92 Å². The summed E-state index contributed by atoms with van der Waals surface area (Å²) < 4.78 is 16.3. The molecule has 31 heavy (non-hydrogen) atoms. The van der Waals surface area contributed by atoms with Crippen LogP contribution in [0.1, 0.15) is 56.5 Å². The van der Waals surface area contributed by atoms with Crippen LogP contribution >= 0.6 is 0 Å². The molecule has 0 bridgehead atoms. The minimum atomic E-state index is 0.0356. The fraction of sp³-hybridized carbons (Fsp3) is 0.560. The van der Waals surface area contributed by atoms with Gasteiger partial charge in [-0.3, -0.25) is 4.79 Å². The highest BCUT2D eigenvalue weighted by atomic mass is 16.5. The molecule has 1 aliphatic rings. The second kappa shape index (κ2) is 11.2. The number of aryl methyl sites for hydroxylation is 1. The van der Waals surface area contributed by atoms with Crippen LogP contribution in [0.15, 0.2) is 34.7 Å². The number of nitrogens with one attached hydrogen (secondary N) is 1. The molecule has 1 aromatic heterocycles. The SMILES string of the molecule is COc1ccc(NC(=O)CCC2CCN(CCC(C)c3ccc(C)o3)CC2)c(OC)c1. The van der Waals surface area contributed by atoms with Crippen molar-refractivity contribution in [3.63, 3.8) is 0 Å². The van der Waals surface area contributed by atoms with Crippen LogP contribution in [0.4, 0.5) is 5.69 Å². The van der Waals surface area contributed by atoms with E-state index in [1.165, 1.54) is 0 Å². The van der Waals surface area contributed by atoms with Crippen LogP contribution in [0.2, 0.25) is 0 Å². The zero-order valence-electron chi connectivity index (χ0n) is 19.3. The molecule has 1 unspecified atom stereocenters. The number of likely N-dealkylation sites (tertiary alicyclic amines) is 1. The number of carbonyl (C=O) groups is 1. The van der Waals surface area contributed by atoms with Crippen molar-refractivity contribution in [1.82, 2.24) is 4.90 Å². The number of amides is 1. The Morgan fingerprint density at radius 1 is 1.19 bits per heavy atom. The smallest absolute Gasteiger partial charge is 0.224 e. The number of furan rings is 1. The van der Waals surface area contributed by atoms with Crippen molar-refractivity contribution in [2.45, 2.75) is 51.9 Å². The number of carbonyl (C=O) groups excluding carboxylic acids is 1. The molecule has 1 fully saturated rings. The lowest BCUT2D eigenvalue weighted by Gasteiger charge is -2.32. The molecular formula is C25H36N2O4. The fourth-order valence-corrected chi connectivity index (χ4v) is 4.19. The van der Waals surface area contributed by atoms with Crippen molar-refractivity contribution in [3.8, 4) is 11.5 Å². The number of piperidine rings is 1. The van der Waals surface area contributed by atoms with E-state index in [1.54, 1.807) is 20.3 Å². The van der Waals surface area contributed by atoms with Gasteiger partial charge in [-0.05, 0) is 82.4 Å². The molecule has 1 amide bonds. The molecule has 1 saturated heterocycles. The van der Waals surface area contributed by atoms with E-state index in [-0.39, 0.29) is 5.91 Å². The number of hydrogen-bond donors (Lipinski definition) is 1. The summed E-state index contributed by atoms with van der Waals surface area (Å²) in [6, 6.07) is 9.55. The first kappa shape index (κ1) is 23.2. The van der Waals surface area contributed by atoms with Gasteiger partial charge in [0.1, 0.15) is 23.0 Å². The number of anilines is 1. The van der Waals surface area contributed by atoms with Crippen molar-refractivity contribution in [2.24, 2.45) is 5.92 Å². The Bertz CT molecular complexity index is 840. The van der Waals surface area contributed by atoms with Gasteiger partial charge in [0.25, 0.3) is 0 Å². The lowest BCUT2D eigenvalue weighted by Crippen LogP contribution is -2.35. The molecule has 0 aliphatic carbocycles. The van der Waals surface area contributed by atoms with Crippen molar-refractivity contribution < 1.29 is 18.7 Å². The highest BCUT2D eigenvalue weighted by Crippen LogP contribution is 2.30. The second-order valence-electron chi connectivity index (χ2n) is 8.58. The summed E-state index contributed by atoms with van der Waals surface area (Å²) in [5, 5.41) is 2.97. The van der Waals surface area contributed by atoms with Crippen molar-refractivity contribution in [1.29, 1.82) is 0 Å². The summed E-state index contributed by atoms with van der Waals surface area (Å²) in [7, 11) is 3.20.